The maximum atomic E-state index is 10.9. The van der Waals surface area contributed by atoms with Gasteiger partial charge in [-0.05, 0) is 36.1 Å². The zero-order chi connectivity index (χ0) is 15.7. The average Bonchev–Trinajstić information content (AvgIpc) is 2.78. The average molecular weight is 295 g/mol. The minimum Gasteiger partial charge on any atom is -0.481 e. The molecule has 0 bridgehead atoms. The van der Waals surface area contributed by atoms with E-state index in [2.05, 4.69) is 42.7 Å². The summed E-state index contributed by atoms with van der Waals surface area (Å²) >= 11 is 0. The van der Waals surface area contributed by atoms with Gasteiger partial charge in [-0.2, -0.15) is 0 Å². The molecule has 0 aliphatic heterocycles. The number of carboxylic acids is 1. The minimum absolute atomic E-state index is 0.0709. The van der Waals surface area contributed by atoms with Crippen LogP contribution in [0.4, 0.5) is 0 Å². The largest absolute Gasteiger partial charge is 0.481 e. The third-order valence-corrected chi connectivity index (χ3v) is 4.12. The molecule has 22 heavy (non-hydrogen) atoms. The van der Waals surface area contributed by atoms with Crippen LogP contribution in [0.1, 0.15) is 25.8 Å². The molecule has 0 amide bonds. The van der Waals surface area contributed by atoms with Crippen molar-refractivity contribution in [2.24, 2.45) is 5.92 Å². The molecule has 1 aromatic heterocycles. The fraction of sp³-hybridized carbons (Fsp3) is 0.316. The molecule has 3 nitrogen and oxygen atoms in total. The Morgan fingerprint density at radius 1 is 1.09 bits per heavy atom. The van der Waals surface area contributed by atoms with Gasteiger partial charge >= 0.3 is 5.97 Å². The highest BCUT2D eigenvalue weighted by Gasteiger charge is 2.12. The number of para-hydroxylation sites is 1. The number of nitrogens with zero attached hydrogens (tertiary/aromatic N) is 1. The second-order valence-electron chi connectivity index (χ2n) is 6.27. The van der Waals surface area contributed by atoms with Gasteiger partial charge in [0.15, 0.2) is 0 Å². The van der Waals surface area contributed by atoms with Crippen LogP contribution >= 0.6 is 0 Å². The van der Waals surface area contributed by atoms with E-state index in [1.807, 2.05) is 18.2 Å². The van der Waals surface area contributed by atoms with Crippen molar-refractivity contribution in [1.82, 2.24) is 4.57 Å². The summed E-state index contributed by atoms with van der Waals surface area (Å²) in [6, 6.07) is 14.4. The number of aryl methyl sites for hydroxylation is 1. The first-order valence-corrected chi connectivity index (χ1v) is 7.78. The van der Waals surface area contributed by atoms with Gasteiger partial charge in [-0.1, -0.05) is 38.1 Å². The molecule has 2 aromatic carbocycles. The summed E-state index contributed by atoms with van der Waals surface area (Å²) in [5.74, 6) is -0.134. The molecule has 0 aliphatic rings. The Balaban J connectivity index is 2.17. The van der Waals surface area contributed by atoms with E-state index in [1.54, 1.807) is 0 Å². The molecule has 0 atom stereocenters. The van der Waals surface area contributed by atoms with Crippen LogP contribution in [0.25, 0.3) is 21.8 Å². The second-order valence-corrected chi connectivity index (χ2v) is 6.27. The summed E-state index contributed by atoms with van der Waals surface area (Å²) in [6.45, 7) is 5.46. The maximum Gasteiger partial charge on any atom is 0.307 e. The van der Waals surface area contributed by atoms with Gasteiger partial charge in [-0.15, -0.1) is 0 Å². The molecule has 3 rings (SSSR count). The fourth-order valence-corrected chi connectivity index (χ4v) is 3.01. The van der Waals surface area contributed by atoms with Crippen molar-refractivity contribution in [3.63, 3.8) is 0 Å². The number of carbonyl (C=O) groups is 1. The maximum absolute atomic E-state index is 10.9. The quantitative estimate of drug-likeness (QED) is 0.754. The lowest BCUT2D eigenvalue weighted by Gasteiger charge is -2.09. The molecule has 0 aliphatic carbocycles. The normalized spacial score (nSPS) is 11.6. The highest BCUT2D eigenvalue weighted by Crippen LogP contribution is 2.30. The van der Waals surface area contributed by atoms with Gasteiger partial charge in [0, 0.05) is 28.4 Å². The van der Waals surface area contributed by atoms with E-state index < -0.39 is 5.97 Å². The van der Waals surface area contributed by atoms with Crippen molar-refractivity contribution in [2.75, 3.05) is 0 Å². The van der Waals surface area contributed by atoms with Crippen molar-refractivity contribution in [3.05, 3.63) is 48.0 Å². The molecule has 0 saturated carbocycles. The zero-order valence-electron chi connectivity index (χ0n) is 13.0. The Morgan fingerprint density at radius 3 is 2.55 bits per heavy atom. The molecule has 0 radical (unpaired) electrons. The van der Waals surface area contributed by atoms with Crippen molar-refractivity contribution in [1.29, 1.82) is 0 Å². The van der Waals surface area contributed by atoms with Crippen molar-refractivity contribution in [3.8, 4) is 0 Å². The number of carboxylic acid groups (broad SMARTS) is 1. The topological polar surface area (TPSA) is 42.2 Å². The fourth-order valence-electron chi connectivity index (χ4n) is 3.01. The molecular weight excluding hydrogens is 274 g/mol. The van der Waals surface area contributed by atoms with E-state index in [-0.39, 0.29) is 6.42 Å². The predicted octanol–water partition coefficient (Wildman–Crippen LogP) is 4.47. The smallest absolute Gasteiger partial charge is 0.307 e. The highest BCUT2D eigenvalue weighted by atomic mass is 16.4. The summed E-state index contributed by atoms with van der Waals surface area (Å²) in [4.78, 5) is 10.9. The van der Waals surface area contributed by atoms with E-state index in [9.17, 15) is 4.79 Å². The molecule has 0 unspecified atom stereocenters. The number of benzene rings is 2. The molecule has 3 aromatic rings. The van der Waals surface area contributed by atoms with Crippen LogP contribution in [0.5, 0.6) is 0 Å². The first-order valence-electron chi connectivity index (χ1n) is 7.78. The molecule has 114 valence electrons. The van der Waals surface area contributed by atoms with Crippen molar-refractivity contribution >= 4 is 27.8 Å². The molecular formula is C19H21NO2. The van der Waals surface area contributed by atoms with E-state index in [4.69, 9.17) is 5.11 Å². The molecule has 3 heteroatoms. The standard InChI is InChI=1S/C19H21NO2/c1-13(2)9-10-20-17-6-4-3-5-15(17)16-11-14(12-19(21)22)7-8-18(16)20/h3-8,11,13H,9-10,12H2,1-2H3,(H,21,22). The van der Waals surface area contributed by atoms with Gasteiger partial charge in [-0.25, -0.2) is 0 Å². The third kappa shape index (κ3) is 2.71. The van der Waals surface area contributed by atoms with Gasteiger partial charge in [0.1, 0.15) is 0 Å². The molecule has 1 heterocycles. The third-order valence-electron chi connectivity index (χ3n) is 4.12. The van der Waals surface area contributed by atoms with Crippen molar-refractivity contribution < 1.29 is 9.90 Å². The number of fused-ring (bicyclic) bond motifs is 3. The number of hydrogen-bond donors (Lipinski definition) is 1. The summed E-state index contributed by atoms with van der Waals surface area (Å²) in [5.41, 5.74) is 3.27. The predicted molar refractivity (Wildman–Crippen MR) is 90.2 cm³/mol. The van der Waals surface area contributed by atoms with Crippen LogP contribution in [0.3, 0.4) is 0 Å². The summed E-state index contributed by atoms with van der Waals surface area (Å²) in [7, 11) is 0. The van der Waals surface area contributed by atoms with Crippen LogP contribution in [0.15, 0.2) is 42.5 Å². The first kappa shape index (κ1) is 14.6. The summed E-state index contributed by atoms with van der Waals surface area (Å²) < 4.78 is 2.36. The van der Waals surface area contributed by atoms with Crippen LogP contribution in [0, 0.1) is 5.92 Å². The van der Waals surface area contributed by atoms with E-state index in [1.165, 1.54) is 16.4 Å². The lowest BCUT2D eigenvalue weighted by molar-refractivity contribution is -0.136. The number of hydrogen-bond acceptors (Lipinski definition) is 1. The zero-order valence-corrected chi connectivity index (χ0v) is 13.0. The minimum atomic E-state index is -0.789. The lowest BCUT2D eigenvalue weighted by Crippen LogP contribution is -2.02. The van der Waals surface area contributed by atoms with Gasteiger partial charge in [0.2, 0.25) is 0 Å². The van der Waals surface area contributed by atoms with Crippen LogP contribution < -0.4 is 0 Å². The van der Waals surface area contributed by atoms with Gasteiger partial charge in [-0.3, -0.25) is 4.79 Å². The van der Waals surface area contributed by atoms with Crippen molar-refractivity contribution in [2.45, 2.75) is 33.2 Å². The Kier molecular flexibility index (Phi) is 3.88. The Bertz CT molecular complexity index is 830. The Labute approximate surface area is 130 Å². The van der Waals surface area contributed by atoms with Gasteiger partial charge in [0.05, 0.1) is 6.42 Å². The summed E-state index contributed by atoms with van der Waals surface area (Å²) in [6.07, 6.45) is 1.20. The second kappa shape index (κ2) is 5.84. The monoisotopic (exact) mass is 295 g/mol. The molecule has 0 fully saturated rings. The Morgan fingerprint density at radius 2 is 1.82 bits per heavy atom. The lowest BCUT2D eigenvalue weighted by atomic mass is 10.1. The molecule has 0 saturated heterocycles. The number of aromatic nitrogens is 1. The number of aliphatic carboxylic acids is 1. The van der Waals surface area contributed by atoms with Crippen LogP contribution in [-0.2, 0) is 17.8 Å². The summed E-state index contributed by atoms with van der Waals surface area (Å²) in [5, 5.41) is 11.4. The first-order chi connectivity index (χ1) is 10.6. The highest BCUT2D eigenvalue weighted by molar-refractivity contribution is 6.08. The van der Waals surface area contributed by atoms with E-state index in [0.717, 1.165) is 23.9 Å². The molecule has 0 spiro atoms. The molecule has 1 N–H and O–H groups in total. The Hall–Kier alpha value is -2.29. The number of rotatable bonds is 5. The van der Waals surface area contributed by atoms with Crippen LogP contribution in [0.2, 0.25) is 0 Å². The SMILES string of the molecule is CC(C)CCn1c2ccccc2c2cc(CC(=O)O)ccc21. The van der Waals surface area contributed by atoms with E-state index in [0.29, 0.717) is 5.92 Å². The van der Waals surface area contributed by atoms with Gasteiger partial charge in [0.25, 0.3) is 0 Å². The van der Waals surface area contributed by atoms with Gasteiger partial charge < -0.3 is 9.67 Å². The van der Waals surface area contributed by atoms with E-state index >= 15 is 0 Å². The van der Waals surface area contributed by atoms with Crippen LogP contribution in [-0.4, -0.2) is 15.6 Å².